The van der Waals surface area contributed by atoms with Crippen molar-refractivity contribution in [1.82, 2.24) is 0 Å². The minimum atomic E-state index is -3.90. The summed E-state index contributed by atoms with van der Waals surface area (Å²) in [7, 11) is -4.85. The molecule has 0 fully saturated rings. The number of benzene rings is 3. The lowest BCUT2D eigenvalue weighted by atomic mass is 10.2. The van der Waals surface area contributed by atoms with E-state index in [4.69, 9.17) is 27.9 Å². The Morgan fingerprint density at radius 2 is 1.55 bits per heavy atom. The van der Waals surface area contributed by atoms with Gasteiger partial charge in [-0.2, -0.15) is 8.42 Å². The van der Waals surface area contributed by atoms with Crippen molar-refractivity contribution in [2.24, 2.45) is 3.77 Å². The number of esters is 1. The number of sulfonamides is 1. The van der Waals surface area contributed by atoms with Crippen molar-refractivity contribution >= 4 is 49.9 Å². The molecule has 1 unspecified atom stereocenters. The quantitative estimate of drug-likeness (QED) is 0.372. The van der Waals surface area contributed by atoms with Gasteiger partial charge >= 0.3 is 5.97 Å². The maximum atomic E-state index is 12.5. The number of hydrogen-bond donors (Lipinski definition) is 0. The molecule has 0 aliphatic rings. The number of nitrogens with zero attached hydrogens (tertiary/aromatic N) is 1. The molecule has 0 N–H and O–H groups in total. The van der Waals surface area contributed by atoms with Gasteiger partial charge in [0.15, 0.2) is 0 Å². The van der Waals surface area contributed by atoms with Crippen LogP contribution in [0, 0.1) is 0 Å². The van der Waals surface area contributed by atoms with Gasteiger partial charge in [-0.05, 0) is 66.9 Å². The van der Waals surface area contributed by atoms with Gasteiger partial charge in [0, 0.05) is 9.92 Å². The minimum absolute atomic E-state index is 0.0328. The molecule has 150 valence electrons. The zero-order valence-corrected chi connectivity index (χ0v) is 18.2. The third-order valence-corrected chi connectivity index (χ3v) is 8.02. The highest BCUT2D eigenvalue weighted by Crippen LogP contribution is 2.24. The molecule has 1 atom stereocenters. The Bertz CT molecular complexity index is 1180. The van der Waals surface area contributed by atoms with Crippen LogP contribution in [0.25, 0.3) is 0 Å². The molecule has 0 saturated carbocycles. The van der Waals surface area contributed by atoms with Crippen LogP contribution in [0.4, 0.5) is 0 Å². The van der Waals surface area contributed by atoms with Crippen molar-refractivity contribution in [3.8, 4) is 5.75 Å². The van der Waals surface area contributed by atoms with Gasteiger partial charge in [-0.25, -0.2) is 4.79 Å². The molecule has 0 aliphatic carbocycles. The summed E-state index contributed by atoms with van der Waals surface area (Å²) in [5, 5.41) is 0.647. The average Bonchev–Trinajstić information content (AvgIpc) is 2.69. The van der Waals surface area contributed by atoms with Crippen molar-refractivity contribution in [2.75, 3.05) is 6.26 Å². The first-order valence-electron chi connectivity index (χ1n) is 8.23. The zero-order valence-electron chi connectivity index (χ0n) is 15.1. The summed E-state index contributed by atoms with van der Waals surface area (Å²) < 4.78 is 34.3. The lowest BCUT2D eigenvalue weighted by Gasteiger charge is -2.07. The summed E-state index contributed by atoms with van der Waals surface area (Å²) in [6.07, 6.45) is 1.68. The predicted molar refractivity (Wildman–Crippen MR) is 115 cm³/mol. The lowest BCUT2D eigenvalue weighted by molar-refractivity contribution is 0.0734. The Labute approximate surface area is 181 Å². The first-order chi connectivity index (χ1) is 13.8. The first kappa shape index (κ1) is 21.5. The Morgan fingerprint density at radius 1 is 0.931 bits per heavy atom. The van der Waals surface area contributed by atoms with Crippen LogP contribution in [0.3, 0.4) is 0 Å². The summed E-state index contributed by atoms with van der Waals surface area (Å²) in [4.78, 5) is 12.8. The van der Waals surface area contributed by atoms with E-state index in [-0.39, 0.29) is 9.92 Å². The molecule has 0 bridgehead atoms. The molecular weight excluding hydrogens is 453 g/mol. The highest BCUT2D eigenvalue weighted by Gasteiger charge is 2.17. The van der Waals surface area contributed by atoms with E-state index < -0.39 is 26.7 Å². The largest absolute Gasteiger partial charge is 0.423 e. The Hall–Kier alpha value is -2.19. The first-order valence-corrected chi connectivity index (χ1v) is 12.0. The summed E-state index contributed by atoms with van der Waals surface area (Å²) in [5.74, 6) is -0.185. The van der Waals surface area contributed by atoms with Gasteiger partial charge < -0.3 is 4.74 Å². The van der Waals surface area contributed by atoms with Crippen LogP contribution >= 0.6 is 23.2 Å². The number of halogens is 2. The third-order valence-electron chi connectivity index (χ3n) is 3.78. The Kier molecular flexibility index (Phi) is 6.74. The van der Waals surface area contributed by atoms with Crippen molar-refractivity contribution in [3.63, 3.8) is 0 Å². The Morgan fingerprint density at radius 3 is 2.17 bits per heavy atom. The van der Waals surface area contributed by atoms with E-state index in [1.54, 1.807) is 66.9 Å². The zero-order chi connectivity index (χ0) is 21.0. The third kappa shape index (κ3) is 5.45. The summed E-state index contributed by atoms with van der Waals surface area (Å²) in [6, 6.07) is 19.0. The van der Waals surface area contributed by atoms with E-state index in [1.165, 1.54) is 12.1 Å². The second-order valence-electron chi connectivity index (χ2n) is 5.83. The van der Waals surface area contributed by atoms with E-state index in [9.17, 15) is 13.2 Å². The molecule has 3 aromatic rings. The monoisotopic (exact) mass is 467 g/mol. The van der Waals surface area contributed by atoms with Gasteiger partial charge in [-0.15, -0.1) is 3.77 Å². The fourth-order valence-corrected chi connectivity index (χ4v) is 5.83. The standard InChI is InChI=1S/C20H15Cl2NO4S2/c1-28(23-29(25,26)19-5-3-2-4-18(19)22)17-12-10-16(11-13-17)27-20(24)14-6-8-15(21)9-7-14/h2-13H,1H3. The van der Waals surface area contributed by atoms with Crippen LogP contribution in [0.5, 0.6) is 5.75 Å². The molecule has 0 amide bonds. The second-order valence-corrected chi connectivity index (χ2v) is 10.1. The maximum absolute atomic E-state index is 12.5. The highest BCUT2D eigenvalue weighted by atomic mass is 35.5. The van der Waals surface area contributed by atoms with E-state index >= 15 is 0 Å². The van der Waals surface area contributed by atoms with E-state index in [2.05, 4.69) is 3.77 Å². The smallest absolute Gasteiger partial charge is 0.343 e. The average molecular weight is 468 g/mol. The molecule has 0 heterocycles. The number of carbonyl (C=O) groups excluding carboxylic acids is 1. The second kappa shape index (κ2) is 9.09. The number of carbonyl (C=O) groups is 1. The van der Waals surface area contributed by atoms with Gasteiger partial charge in [0.1, 0.15) is 10.6 Å². The molecule has 0 aromatic heterocycles. The van der Waals surface area contributed by atoms with Gasteiger partial charge in [-0.3, -0.25) is 0 Å². The molecule has 0 saturated heterocycles. The molecule has 3 aromatic carbocycles. The van der Waals surface area contributed by atoms with Gasteiger partial charge in [0.25, 0.3) is 10.0 Å². The fourth-order valence-electron chi connectivity index (χ4n) is 2.34. The van der Waals surface area contributed by atoms with Gasteiger partial charge in [0.05, 0.1) is 10.6 Å². The molecule has 5 nitrogen and oxygen atoms in total. The topological polar surface area (TPSA) is 72.8 Å². The van der Waals surface area contributed by atoms with Gasteiger partial charge in [-0.1, -0.05) is 46.0 Å². The summed E-state index contributed by atoms with van der Waals surface area (Å²) in [5.41, 5.74) is 0.370. The van der Waals surface area contributed by atoms with Crippen LogP contribution in [0.2, 0.25) is 10.0 Å². The molecule has 0 radical (unpaired) electrons. The van der Waals surface area contributed by atoms with E-state index in [0.717, 1.165) is 0 Å². The molecule has 0 spiro atoms. The van der Waals surface area contributed by atoms with Crippen molar-refractivity contribution in [2.45, 2.75) is 9.79 Å². The molecule has 29 heavy (non-hydrogen) atoms. The number of ether oxygens (including phenoxy) is 1. The molecular formula is C20H15Cl2NO4S2. The van der Waals surface area contributed by atoms with Crippen LogP contribution in [0.1, 0.15) is 10.4 Å². The minimum Gasteiger partial charge on any atom is -0.423 e. The highest BCUT2D eigenvalue weighted by molar-refractivity contribution is 8.00. The fraction of sp³-hybridized carbons (Fsp3) is 0.0500. The van der Waals surface area contributed by atoms with Crippen molar-refractivity contribution in [3.05, 3.63) is 88.4 Å². The molecule has 0 aliphatic heterocycles. The number of rotatable bonds is 5. The maximum Gasteiger partial charge on any atom is 0.343 e. The summed E-state index contributed by atoms with van der Waals surface area (Å²) in [6.45, 7) is 0. The Balaban J connectivity index is 1.77. The number of hydrogen-bond acceptors (Lipinski definition) is 4. The van der Waals surface area contributed by atoms with Crippen molar-refractivity contribution < 1.29 is 17.9 Å². The molecule has 9 heteroatoms. The van der Waals surface area contributed by atoms with Gasteiger partial charge in [0.2, 0.25) is 0 Å². The van der Waals surface area contributed by atoms with Crippen LogP contribution < -0.4 is 4.74 Å². The summed E-state index contributed by atoms with van der Waals surface area (Å²) >= 11 is 11.8. The lowest BCUT2D eigenvalue weighted by Crippen LogP contribution is -2.08. The normalized spacial score (nSPS) is 12.5. The van der Waals surface area contributed by atoms with E-state index in [1.807, 2.05) is 0 Å². The molecule has 3 rings (SSSR count). The van der Waals surface area contributed by atoms with Crippen LogP contribution in [-0.4, -0.2) is 20.6 Å². The predicted octanol–water partition coefficient (Wildman–Crippen LogP) is 5.39. The van der Waals surface area contributed by atoms with Crippen LogP contribution in [0.15, 0.2) is 86.4 Å². The SMILES string of the molecule is C/S(=N/S(=O)(=O)c1ccccc1Cl)c1ccc(OC(=O)c2ccc(Cl)cc2)cc1. The van der Waals surface area contributed by atoms with Crippen molar-refractivity contribution in [1.29, 1.82) is 0 Å². The van der Waals surface area contributed by atoms with Crippen LogP contribution in [-0.2, 0) is 20.7 Å². The van der Waals surface area contributed by atoms with E-state index in [0.29, 0.717) is 21.2 Å².